The maximum atomic E-state index is 13.8. The number of hydrogen-bond donors (Lipinski definition) is 2. The van der Waals surface area contributed by atoms with Crippen LogP contribution in [-0.2, 0) is 14.4 Å². The Balaban J connectivity index is 1.27. The summed E-state index contributed by atoms with van der Waals surface area (Å²) in [4.78, 5) is 47.0. The molecule has 2 amide bonds. The third-order valence-electron chi connectivity index (χ3n) is 7.82. The minimum atomic E-state index is -0.795. The number of anilines is 1. The molecule has 0 radical (unpaired) electrons. The summed E-state index contributed by atoms with van der Waals surface area (Å²) in [5, 5.41) is 17.6. The first-order chi connectivity index (χ1) is 19.2. The molecule has 3 aromatic rings. The maximum Gasteiger partial charge on any atom is 0.243 e. The Bertz CT molecular complexity index is 1360. The number of thiazole rings is 1. The van der Waals surface area contributed by atoms with E-state index in [0.29, 0.717) is 24.7 Å². The van der Waals surface area contributed by atoms with E-state index in [1.165, 1.54) is 4.90 Å². The van der Waals surface area contributed by atoms with Crippen molar-refractivity contribution in [3.63, 3.8) is 0 Å². The first-order valence-corrected chi connectivity index (χ1v) is 14.5. The van der Waals surface area contributed by atoms with Crippen molar-refractivity contribution in [3.8, 4) is 10.4 Å². The minimum Gasteiger partial charge on any atom is -0.391 e. The molecule has 2 aliphatic heterocycles. The Labute approximate surface area is 237 Å². The Morgan fingerprint density at radius 3 is 2.52 bits per heavy atom. The van der Waals surface area contributed by atoms with Crippen molar-refractivity contribution in [1.82, 2.24) is 20.4 Å². The monoisotopic (exact) mass is 565 g/mol. The number of aryl methyl sites for hydroxylation is 1. The molecular weight excluding hydrogens is 530 g/mol. The van der Waals surface area contributed by atoms with Gasteiger partial charge in [-0.15, -0.1) is 11.3 Å². The number of nitrogens with zero attached hydrogens (tertiary/aromatic N) is 4. The van der Waals surface area contributed by atoms with Crippen LogP contribution in [0.15, 0.2) is 40.4 Å². The van der Waals surface area contributed by atoms with E-state index in [-0.39, 0.29) is 42.7 Å². The zero-order valence-electron chi connectivity index (χ0n) is 23.1. The normalized spacial score (nSPS) is 20.9. The molecule has 2 aliphatic rings. The number of carbonyl (C=O) groups is 3. The van der Waals surface area contributed by atoms with Gasteiger partial charge in [0, 0.05) is 38.0 Å². The second kappa shape index (κ2) is 11.5. The molecule has 4 atom stereocenters. The van der Waals surface area contributed by atoms with Crippen molar-refractivity contribution >= 4 is 35.3 Å². The number of nitrogens with one attached hydrogen (secondary N) is 1. The molecule has 11 heteroatoms. The number of aldehydes is 1. The van der Waals surface area contributed by atoms with E-state index in [1.807, 2.05) is 62.4 Å². The lowest BCUT2D eigenvalue weighted by atomic mass is 9.91. The van der Waals surface area contributed by atoms with Gasteiger partial charge in [-0.25, -0.2) is 4.98 Å². The van der Waals surface area contributed by atoms with Crippen LogP contribution < -0.4 is 10.2 Å². The van der Waals surface area contributed by atoms with Gasteiger partial charge < -0.3 is 29.5 Å². The highest BCUT2D eigenvalue weighted by atomic mass is 32.1. The molecule has 2 fully saturated rings. The third-order valence-corrected chi connectivity index (χ3v) is 8.80. The lowest BCUT2D eigenvalue weighted by Gasteiger charge is -2.35. The van der Waals surface area contributed by atoms with Crippen LogP contribution in [0.2, 0.25) is 0 Å². The number of β-amino-alcohol motifs (C(OH)–C–C–N with tert-alkyl or cyclic N) is 1. The van der Waals surface area contributed by atoms with Crippen molar-refractivity contribution in [2.24, 2.45) is 11.8 Å². The quantitative estimate of drug-likeness (QED) is 0.378. The third kappa shape index (κ3) is 5.53. The van der Waals surface area contributed by atoms with Crippen LogP contribution in [0.25, 0.3) is 10.4 Å². The standard InChI is InChI=1S/C29H35N5O5S/c1-16(2)26(24-10-25(32-39-24)33-11-19(12-33)14-35)29(38)34-13-22(36)9-23(34)28(37)31-17(3)20-5-7-21(8-6-20)27-18(4)30-15-40-27/h5-8,10,14-17,19,22-23,26,36H,9,11-13H2,1-4H3,(H,31,37)/t17?,22-,23+,26?/m1/s1. The summed E-state index contributed by atoms with van der Waals surface area (Å²) in [7, 11) is 0. The number of carbonyl (C=O) groups excluding carboxylic acids is 3. The van der Waals surface area contributed by atoms with E-state index in [9.17, 15) is 19.5 Å². The summed E-state index contributed by atoms with van der Waals surface area (Å²) in [5.41, 5.74) is 4.82. The molecule has 2 saturated heterocycles. The van der Waals surface area contributed by atoms with Gasteiger partial charge in [0.2, 0.25) is 11.8 Å². The number of aromatic nitrogens is 2. The van der Waals surface area contributed by atoms with E-state index in [4.69, 9.17) is 4.52 Å². The van der Waals surface area contributed by atoms with Gasteiger partial charge in [-0.2, -0.15) is 0 Å². The van der Waals surface area contributed by atoms with Gasteiger partial charge in [-0.1, -0.05) is 43.3 Å². The van der Waals surface area contributed by atoms with Gasteiger partial charge in [-0.3, -0.25) is 9.59 Å². The van der Waals surface area contributed by atoms with Crippen LogP contribution in [0.5, 0.6) is 0 Å². The molecule has 0 bridgehead atoms. The smallest absolute Gasteiger partial charge is 0.243 e. The predicted octanol–water partition coefficient (Wildman–Crippen LogP) is 3.32. The molecule has 5 rings (SSSR count). The van der Waals surface area contributed by atoms with Gasteiger partial charge >= 0.3 is 0 Å². The number of likely N-dealkylation sites (tertiary alicyclic amines) is 1. The second-order valence-corrected chi connectivity index (χ2v) is 12.0. The molecular formula is C29H35N5O5S. The van der Waals surface area contributed by atoms with E-state index in [1.54, 1.807) is 17.4 Å². The number of aliphatic hydroxyl groups excluding tert-OH is 1. The summed E-state index contributed by atoms with van der Waals surface area (Å²) >= 11 is 1.59. The highest BCUT2D eigenvalue weighted by Gasteiger charge is 2.43. The van der Waals surface area contributed by atoms with E-state index in [0.717, 1.165) is 28.0 Å². The van der Waals surface area contributed by atoms with Crippen molar-refractivity contribution in [2.75, 3.05) is 24.5 Å². The van der Waals surface area contributed by atoms with Crippen LogP contribution in [0.4, 0.5) is 5.82 Å². The van der Waals surface area contributed by atoms with Crippen LogP contribution in [0.3, 0.4) is 0 Å². The van der Waals surface area contributed by atoms with Crippen molar-refractivity contribution in [1.29, 1.82) is 0 Å². The fourth-order valence-corrected chi connectivity index (χ4v) is 6.29. The van der Waals surface area contributed by atoms with Crippen molar-refractivity contribution in [2.45, 2.75) is 58.2 Å². The number of benzene rings is 1. The van der Waals surface area contributed by atoms with Crippen LogP contribution >= 0.6 is 11.3 Å². The van der Waals surface area contributed by atoms with E-state index in [2.05, 4.69) is 15.5 Å². The van der Waals surface area contributed by atoms with Gasteiger partial charge in [0.1, 0.15) is 18.2 Å². The van der Waals surface area contributed by atoms with Crippen LogP contribution in [0, 0.1) is 18.8 Å². The van der Waals surface area contributed by atoms with Crippen molar-refractivity contribution < 1.29 is 24.0 Å². The lowest BCUT2D eigenvalue weighted by Crippen LogP contribution is -2.48. The average molecular weight is 566 g/mol. The summed E-state index contributed by atoms with van der Waals surface area (Å²) in [5.74, 6) is -0.390. The summed E-state index contributed by atoms with van der Waals surface area (Å²) in [6.45, 7) is 8.93. The lowest BCUT2D eigenvalue weighted by molar-refractivity contribution is -0.141. The summed E-state index contributed by atoms with van der Waals surface area (Å²) in [6.07, 6.45) is 0.305. The van der Waals surface area contributed by atoms with Gasteiger partial charge in [0.05, 0.1) is 28.2 Å². The molecule has 2 unspecified atom stereocenters. The number of aliphatic hydroxyl groups is 1. The molecule has 4 heterocycles. The first kappa shape index (κ1) is 28.0. The van der Waals surface area contributed by atoms with Gasteiger partial charge in [0.25, 0.3) is 0 Å². The SMILES string of the molecule is Cc1ncsc1-c1ccc(C(C)NC(=O)[C@@H]2C[C@@H](O)CN2C(=O)C(c2cc(N3CC(C=O)C3)no2)C(C)C)cc1. The highest BCUT2D eigenvalue weighted by molar-refractivity contribution is 7.13. The average Bonchev–Trinajstić information content (AvgIpc) is 3.63. The molecule has 10 nitrogen and oxygen atoms in total. The largest absolute Gasteiger partial charge is 0.391 e. The highest BCUT2D eigenvalue weighted by Crippen LogP contribution is 2.34. The fraction of sp³-hybridized carbons (Fsp3) is 0.483. The van der Waals surface area contributed by atoms with E-state index < -0.39 is 18.1 Å². The Morgan fingerprint density at radius 1 is 1.18 bits per heavy atom. The molecule has 212 valence electrons. The van der Waals surface area contributed by atoms with E-state index >= 15 is 0 Å². The van der Waals surface area contributed by atoms with Gasteiger partial charge in [-0.05, 0) is 30.9 Å². The Hall–Kier alpha value is -3.57. The molecule has 40 heavy (non-hydrogen) atoms. The molecule has 0 saturated carbocycles. The summed E-state index contributed by atoms with van der Waals surface area (Å²) in [6, 6.07) is 8.66. The Morgan fingerprint density at radius 2 is 1.90 bits per heavy atom. The number of rotatable bonds is 9. The fourth-order valence-electron chi connectivity index (χ4n) is 5.48. The van der Waals surface area contributed by atoms with Crippen LogP contribution in [-0.4, -0.2) is 70.0 Å². The first-order valence-electron chi connectivity index (χ1n) is 13.6. The second-order valence-electron chi connectivity index (χ2n) is 11.1. The van der Waals surface area contributed by atoms with Crippen molar-refractivity contribution in [3.05, 3.63) is 52.9 Å². The molecule has 0 aliphatic carbocycles. The maximum absolute atomic E-state index is 13.8. The topological polar surface area (TPSA) is 129 Å². The van der Waals surface area contributed by atoms with Crippen LogP contribution in [0.1, 0.15) is 56.2 Å². The number of hydrogen-bond acceptors (Lipinski definition) is 9. The molecule has 1 aromatic carbocycles. The molecule has 2 N–H and O–H groups in total. The molecule has 2 aromatic heterocycles. The predicted molar refractivity (Wildman–Crippen MR) is 151 cm³/mol. The zero-order valence-corrected chi connectivity index (χ0v) is 23.9. The summed E-state index contributed by atoms with van der Waals surface area (Å²) < 4.78 is 5.59. The van der Waals surface area contributed by atoms with Gasteiger partial charge in [0.15, 0.2) is 11.6 Å². The minimum absolute atomic E-state index is 0.0177. The Kier molecular flexibility index (Phi) is 8.04. The molecule has 0 spiro atoms. The number of amides is 2. The zero-order chi connectivity index (χ0) is 28.6.